The molecule has 0 N–H and O–H groups in total. The summed E-state index contributed by atoms with van der Waals surface area (Å²) in [6, 6.07) is 0. The second kappa shape index (κ2) is 5.94. The highest BCUT2D eigenvalue weighted by Crippen LogP contribution is 2.39. The van der Waals surface area contributed by atoms with Gasteiger partial charge in [-0.3, -0.25) is 9.48 Å². The van der Waals surface area contributed by atoms with Crippen molar-refractivity contribution in [1.29, 1.82) is 0 Å². The van der Waals surface area contributed by atoms with Crippen LogP contribution in [0, 0.1) is 5.41 Å². The Bertz CT molecular complexity index is 513. The van der Waals surface area contributed by atoms with Crippen LogP contribution in [-0.4, -0.2) is 71.9 Å². The van der Waals surface area contributed by atoms with E-state index in [1.54, 1.807) is 24.2 Å². The number of aromatic nitrogens is 2. The second-order valence-electron chi connectivity index (χ2n) is 6.12. The fraction of sp³-hybridized carbons (Fsp3) is 0.714. The zero-order valence-corrected chi connectivity index (χ0v) is 13.1. The highest BCUT2D eigenvalue weighted by atomic mass is 35.5. The zero-order valence-electron chi connectivity index (χ0n) is 12.3. The van der Waals surface area contributed by atoms with Crippen LogP contribution in [-0.2, 0) is 16.1 Å². The lowest BCUT2D eigenvalue weighted by Gasteiger charge is -2.48. The van der Waals surface area contributed by atoms with Crippen LogP contribution in [0.1, 0.15) is 6.42 Å². The van der Waals surface area contributed by atoms with Crippen LogP contribution in [0.15, 0.2) is 12.4 Å². The normalized spacial score (nSPS) is 21.0. The number of rotatable bonds is 5. The highest BCUT2D eigenvalue weighted by Gasteiger charge is 2.48. The Labute approximate surface area is 129 Å². The Morgan fingerprint density at radius 3 is 2.95 bits per heavy atom. The maximum absolute atomic E-state index is 12.2. The summed E-state index contributed by atoms with van der Waals surface area (Å²) in [5.74, 6) is 0.121. The lowest BCUT2D eigenvalue weighted by atomic mass is 9.79. The van der Waals surface area contributed by atoms with Crippen LogP contribution in [0.5, 0.6) is 0 Å². The summed E-state index contributed by atoms with van der Waals surface area (Å²) >= 11 is 5.80. The molecule has 1 spiro atoms. The second-order valence-corrected chi connectivity index (χ2v) is 6.56. The minimum atomic E-state index is 0.121. The third kappa shape index (κ3) is 3.22. The molecule has 0 atom stereocenters. The molecule has 3 rings (SSSR count). The molecular formula is C14H21ClN4O2. The van der Waals surface area contributed by atoms with E-state index >= 15 is 0 Å². The van der Waals surface area contributed by atoms with Gasteiger partial charge in [0.25, 0.3) is 0 Å². The van der Waals surface area contributed by atoms with E-state index in [9.17, 15) is 4.79 Å². The van der Waals surface area contributed by atoms with Crippen LogP contribution in [0.3, 0.4) is 0 Å². The Kier molecular flexibility index (Phi) is 4.19. The van der Waals surface area contributed by atoms with Gasteiger partial charge >= 0.3 is 0 Å². The van der Waals surface area contributed by atoms with Crippen molar-refractivity contribution in [2.24, 2.45) is 5.41 Å². The monoisotopic (exact) mass is 312 g/mol. The van der Waals surface area contributed by atoms with Crippen molar-refractivity contribution in [3.05, 3.63) is 17.4 Å². The fourth-order valence-electron chi connectivity index (χ4n) is 3.30. The van der Waals surface area contributed by atoms with Gasteiger partial charge in [0.15, 0.2) is 0 Å². The molecule has 2 aliphatic rings. The Hall–Kier alpha value is -1.11. The Morgan fingerprint density at radius 1 is 1.48 bits per heavy atom. The molecule has 2 fully saturated rings. The third-order valence-corrected chi connectivity index (χ3v) is 4.63. The van der Waals surface area contributed by atoms with Crippen molar-refractivity contribution in [3.8, 4) is 0 Å². The SMILES string of the molecule is COCCN1CCC2(C1)CN(C(=O)Cn1cc(Cl)cn1)C2. The van der Waals surface area contributed by atoms with Gasteiger partial charge in [-0.25, -0.2) is 0 Å². The molecule has 1 aromatic rings. The van der Waals surface area contributed by atoms with Crippen molar-refractivity contribution in [3.63, 3.8) is 0 Å². The summed E-state index contributed by atoms with van der Waals surface area (Å²) < 4.78 is 6.72. The quantitative estimate of drug-likeness (QED) is 0.804. The molecule has 21 heavy (non-hydrogen) atoms. The first-order valence-electron chi connectivity index (χ1n) is 7.27. The summed E-state index contributed by atoms with van der Waals surface area (Å²) in [6.07, 6.45) is 4.40. The number of ether oxygens (including phenoxy) is 1. The largest absolute Gasteiger partial charge is 0.383 e. The molecule has 116 valence electrons. The third-order valence-electron chi connectivity index (χ3n) is 4.43. The Morgan fingerprint density at radius 2 is 2.29 bits per heavy atom. The molecule has 2 aliphatic heterocycles. The van der Waals surface area contributed by atoms with E-state index in [0.29, 0.717) is 10.4 Å². The topological polar surface area (TPSA) is 50.6 Å². The molecule has 1 amide bonds. The predicted octanol–water partition coefficient (Wildman–Crippen LogP) is 0.717. The minimum absolute atomic E-state index is 0.121. The first kappa shape index (κ1) is 14.8. The molecule has 0 radical (unpaired) electrons. The predicted molar refractivity (Wildman–Crippen MR) is 79.2 cm³/mol. The molecule has 0 unspecified atom stereocenters. The van der Waals surface area contributed by atoms with Gasteiger partial charge in [0.1, 0.15) is 6.54 Å². The standard InChI is InChI=1S/C14H21ClN4O2/c1-21-5-4-17-3-2-14(9-17)10-18(11-14)13(20)8-19-7-12(15)6-16-19/h6-7H,2-5,8-11H2,1H3. The van der Waals surface area contributed by atoms with Crippen LogP contribution in [0.25, 0.3) is 0 Å². The maximum Gasteiger partial charge on any atom is 0.244 e. The maximum atomic E-state index is 12.2. The van der Waals surface area contributed by atoms with Crippen molar-refractivity contribution in [1.82, 2.24) is 19.6 Å². The number of carbonyl (C=O) groups excluding carboxylic acids is 1. The lowest BCUT2D eigenvalue weighted by molar-refractivity contribution is -0.143. The number of halogens is 1. The van der Waals surface area contributed by atoms with Crippen LogP contribution >= 0.6 is 11.6 Å². The number of hydrogen-bond donors (Lipinski definition) is 0. The van der Waals surface area contributed by atoms with E-state index in [-0.39, 0.29) is 12.5 Å². The average molecular weight is 313 g/mol. The summed E-state index contributed by atoms with van der Waals surface area (Å²) in [7, 11) is 1.73. The number of methoxy groups -OCH3 is 1. The average Bonchev–Trinajstić information content (AvgIpc) is 3.01. The molecule has 2 saturated heterocycles. The molecule has 0 aliphatic carbocycles. The number of amides is 1. The first-order valence-corrected chi connectivity index (χ1v) is 7.65. The van der Waals surface area contributed by atoms with Gasteiger partial charge in [-0.1, -0.05) is 11.6 Å². The zero-order chi connectivity index (χ0) is 14.9. The number of likely N-dealkylation sites (tertiary alicyclic amines) is 2. The van der Waals surface area contributed by atoms with E-state index in [1.165, 1.54) is 6.42 Å². The number of carbonyl (C=O) groups is 1. The van der Waals surface area contributed by atoms with Crippen LogP contribution in [0.4, 0.5) is 0 Å². The van der Waals surface area contributed by atoms with Crippen molar-refractivity contribution in [2.45, 2.75) is 13.0 Å². The molecule has 6 nitrogen and oxygen atoms in total. The molecular weight excluding hydrogens is 292 g/mol. The van der Waals surface area contributed by atoms with Gasteiger partial charge in [-0.2, -0.15) is 5.10 Å². The van der Waals surface area contributed by atoms with Crippen molar-refractivity contribution >= 4 is 17.5 Å². The summed E-state index contributed by atoms with van der Waals surface area (Å²) in [5.41, 5.74) is 0.311. The van der Waals surface area contributed by atoms with Crippen molar-refractivity contribution in [2.75, 3.05) is 46.4 Å². The van der Waals surface area contributed by atoms with Gasteiger partial charge in [-0.15, -0.1) is 0 Å². The highest BCUT2D eigenvalue weighted by molar-refractivity contribution is 6.30. The van der Waals surface area contributed by atoms with Gasteiger partial charge in [0.2, 0.25) is 5.91 Å². The first-order chi connectivity index (χ1) is 10.1. The minimum Gasteiger partial charge on any atom is -0.383 e. The van der Waals surface area contributed by atoms with Crippen molar-refractivity contribution < 1.29 is 9.53 Å². The molecule has 1 aromatic heterocycles. The lowest BCUT2D eigenvalue weighted by Crippen LogP contribution is -2.60. The van der Waals surface area contributed by atoms with Gasteiger partial charge in [-0.05, 0) is 13.0 Å². The van der Waals surface area contributed by atoms with Crippen LogP contribution < -0.4 is 0 Å². The molecule has 0 bridgehead atoms. The van der Waals surface area contributed by atoms with Gasteiger partial charge < -0.3 is 14.5 Å². The Balaban J connectivity index is 1.46. The fourth-order valence-corrected chi connectivity index (χ4v) is 3.46. The number of hydrogen-bond acceptors (Lipinski definition) is 4. The number of nitrogens with zero attached hydrogens (tertiary/aromatic N) is 4. The van der Waals surface area contributed by atoms with E-state index in [2.05, 4.69) is 10.00 Å². The smallest absolute Gasteiger partial charge is 0.244 e. The molecule has 0 saturated carbocycles. The molecule has 3 heterocycles. The van der Waals surface area contributed by atoms with Crippen LogP contribution in [0.2, 0.25) is 5.02 Å². The van der Waals surface area contributed by atoms with E-state index in [1.807, 2.05) is 4.90 Å². The van der Waals surface area contributed by atoms with Gasteiger partial charge in [0.05, 0.1) is 17.8 Å². The summed E-state index contributed by atoms with van der Waals surface area (Å²) in [6.45, 7) is 5.95. The van der Waals surface area contributed by atoms with E-state index < -0.39 is 0 Å². The van der Waals surface area contributed by atoms with Gasteiger partial charge in [0, 0.05) is 44.9 Å². The summed E-state index contributed by atoms with van der Waals surface area (Å²) in [4.78, 5) is 16.5. The molecule has 0 aromatic carbocycles. The van der Waals surface area contributed by atoms with E-state index in [4.69, 9.17) is 16.3 Å². The van der Waals surface area contributed by atoms with E-state index in [0.717, 1.165) is 39.3 Å². The summed E-state index contributed by atoms with van der Waals surface area (Å²) in [5, 5.41) is 4.61. The molecule has 7 heteroatoms.